The van der Waals surface area contributed by atoms with Gasteiger partial charge in [-0.25, -0.2) is 0 Å². The highest BCUT2D eigenvalue weighted by atomic mass is 35.5. The van der Waals surface area contributed by atoms with Crippen LogP contribution in [-0.2, 0) is 17.8 Å². The Bertz CT molecular complexity index is 1510. The van der Waals surface area contributed by atoms with Gasteiger partial charge in [0.25, 0.3) is 5.91 Å². The summed E-state index contributed by atoms with van der Waals surface area (Å²) in [7, 11) is 3.17. The number of para-hydroxylation sites is 1. The largest absolute Gasteiger partial charge is 0.493 e. The second-order valence-electron chi connectivity index (χ2n) is 9.94. The molecule has 1 aromatic heterocycles. The minimum Gasteiger partial charge on any atom is -0.493 e. The first-order valence-corrected chi connectivity index (χ1v) is 13.9. The number of H-pyrrole nitrogens is 1. The molecule has 1 saturated carbocycles. The minimum absolute atomic E-state index is 0.0192. The van der Waals surface area contributed by atoms with Crippen molar-refractivity contribution in [3.8, 4) is 11.5 Å². The van der Waals surface area contributed by atoms with Crippen LogP contribution >= 0.6 is 23.2 Å². The first kappa shape index (κ1) is 27.9. The predicted octanol–water partition coefficient (Wildman–Crippen LogP) is 6.37. The van der Waals surface area contributed by atoms with Gasteiger partial charge in [0.2, 0.25) is 5.91 Å². The molecular formula is C31H31Cl2N3O4. The highest BCUT2D eigenvalue weighted by molar-refractivity contribution is 6.35. The van der Waals surface area contributed by atoms with Crippen molar-refractivity contribution >= 4 is 45.9 Å². The first-order valence-electron chi connectivity index (χ1n) is 13.2. The molecule has 2 amide bonds. The highest BCUT2D eigenvalue weighted by Crippen LogP contribution is 2.31. The van der Waals surface area contributed by atoms with Crippen LogP contribution in [-0.4, -0.2) is 59.9 Å². The van der Waals surface area contributed by atoms with Gasteiger partial charge in [-0.15, -0.1) is 0 Å². The van der Waals surface area contributed by atoms with Gasteiger partial charge in [-0.3, -0.25) is 9.59 Å². The van der Waals surface area contributed by atoms with E-state index >= 15 is 0 Å². The van der Waals surface area contributed by atoms with Crippen molar-refractivity contribution < 1.29 is 19.1 Å². The lowest BCUT2D eigenvalue weighted by atomic mass is 10.1. The lowest BCUT2D eigenvalue weighted by Crippen LogP contribution is -2.44. The molecule has 40 heavy (non-hydrogen) atoms. The number of hydrogen-bond donors (Lipinski definition) is 1. The number of ether oxygens (including phenoxy) is 2. The number of amides is 2. The number of hydrogen-bond acceptors (Lipinski definition) is 4. The van der Waals surface area contributed by atoms with E-state index in [1.807, 2.05) is 42.6 Å². The second kappa shape index (κ2) is 12.2. The molecule has 0 atom stereocenters. The third kappa shape index (κ3) is 6.37. The number of carbonyl (C=O) groups is 2. The number of methoxy groups -OCH3 is 2. The van der Waals surface area contributed by atoms with Crippen LogP contribution in [0.1, 0.15) is 34.3 Å². The fourth-order valence-electron chi connectivity index (χ4n) is 4.93. The Balaban J connectivity index is 1.39. The van der Waals surface area contributed by atoms with Crippen molar-refractivity contribution in [3.63, 3.8) is 0 Å². The highest BCUT2D eigenvalue weighted by Gasteiger charge is 2.35. The molecule has 0 unspecified atom stereocenters. The van der Waals surface area contributed by atoms with Crippen LogP contribution in [0.2, 0.25) is 10.0 Å². The molecule has 7 nitrogen and oxygen atoms in total. The second-order valence-corrected chi connectivity index (χ2v) is 10.8. The molecule has 1 N–H and O–H groups in total. The maximum Gasteiger partial charge on any atom is 0.254 e. The van der Waals surface area contributed by atoms with Gasteiger partial charge in [-0.2, -0.15) is 0 Å². The average molecular weight is 581 g/mol. The molecule has 0 spiro atoms. The van der Waals surface area contributed by atoms with E-state index in [-0.39, 0.29) is 24.4 Å². The summed E-state index contributed by atoms with van der Waals surface area (Å²) in [5, 5.41) is 1.90. The molecule has 9 heteroatoms. The van der Waals surface area contributed by atoms with E-state index in [9.17, 15) is 9.59 Å². The Kier molecular flexibility index (Phi) is 8.52. The summed E-state index contributed by atoms with van der Waals surface area (Å²) in [5.41, 5.74) is 3.46. The number of aromatic nitrogens is 1. The van der Waals surface area contributed by atoms with E-state index in [4.69, 9.17) is 32.7 Å². The van der Waals surface area contributed by atoms with Crippen molar-refractivity contribution in [1.29, 1.82) is 0 Å². The van der Waals surface area contributed by atoms with Gasteiger partial charge in [0, 0.05) is 51.8 Å². The Labute approximate surface area is 243 Å². The smallest absolute Gasteiger partial charge is 0.254 e. The van der Waals surface area contributed by atoms with Gasteiger partial charge >= 0.3 is 0 Å². The number of nitrogens with one attached hydrogen (secondary N) is 1. The summed E-state index contributed by atoms with van der Waals surface area (Å²) in [4.78, 5) is 34.1. The molecular weight excluding hydrogens is 549 g/mol. The summed E-state index contributed by atoms with van der Waals surface area (Å²) in [5.74, 6) is 0.830. The number of aromatic amines is 1. The number of nitrogens with zero attached hydrogens (tertiary/aromatic N) is 2. The topological polar surface area (TPSA) is 74.9 Å². The Morgan fingerprint density at radius 3 is 2.38 bits per heavy atom. The van der Waals surface area contributed by atoms with E-state index in [2.05, 4.69) is 11.1 Å². The zero-order chi connectivity index (χ0) is 28.2. The maximum absolute atomic E-state index is 13.9. The summed E-state index contributed by atoms with van der Waals surface area (Å²) in [6.07, 6.45) is 4.37. The third-order valence-electron chi connectivity index (χ3n) is 7.16. The van der Waals surface area contributed by atoms with E-state index in [0.29, 0.717) is 46.6 Å². The van der Waals surface area contributed by atoms with E-state index in [1.54, 1.807) is 42.2 Å². The van der Waals surface area contributed by atoms with Crippen molar-refractivity contribution in [2.45, 2.75) is 31.8 Å². The number of benzene rings is 3. The first-order chi connectivity index (χ1) is 19.4. The summed E-state index contributed by atoms with van der Waals surface area (Å²) < 4.78 is 10.9. The summed E-state index contributed by atoms with van der Waals surface area (Å²) in [6.45, 7) is 0.802. The molecule has 1 aliphatic rings. The normalized spacial score (nSPS) is 12.8. The predicted molar refractivity (Wildman–Crippen MR) is 157 cm³/mol. The van der Waals surface area contributed by atoms with Crippen molar-refractivity contribution in [2.24, 2.45) is 0 Å². The molecule has 3 aromatic carbocycles. The van der Waals surface area contributed by atoms with Crippen molar-refractivity contribution in [1.82, 2.24) is 14.8 Å². The fraction of sp³-hybridized carbons (Fsp3) is 0.290. The van der Waals surface area contributed by atoms with Gasteiger partial charge in [0.1, 0.15) is 6.54 Å². The summed E-state index contributed by atoms with van der Waals surface area (Å²) in [6, 6.07) is 18.5. The monoisotopic (exact) mass is 579 g/mol. The van der Waals surface area contributed by atoms with E-state index in [0.717, 1.165) is 34.9 Å². The summed E-state index contributed by atoms with van der Waals surface area (Å²) >= 11 is 12.3. The quantitative estimate of drug-likeness (QED) is 0.224. The molecule has 0 saturated heterocycles. The molecule has 0 bridgehead atoms. The maximum atomic E-state index is 13.9. The van der Waals surface area contributed by atoms with Crippen LogP contribution in [0.5, 0.6) is 11.5 Å². The Morgan fingerprint density at radius 2 is 1.68 bits per heavy atom. The van der Waals surface area contributed by atoms with Crippen LogP contribution in [0, 0.1) is 0 Å². The van der Waals surface area contributed by atoms with Crippen LogP contribution < -0.4 is 9.47 Å². The SMILES string of the molecule is COc1ccc(CN(CCc2c[nH]c3ccccc23)C(=O)CN(C(=O)c2cc(Cl)cc(Cl)c2)C2CC2)cc1OC. The Hall–Kier alpha value is -3.68. The molecule has 5 rings (SSSR count). The molecule has 1 heterocycles. The van der Waals surface area contributed by atoms with Crippen molar-refractivity contribution in [3.05, 3.63) is 93.6 Å². The molecule has 0 radical (unpaired) electrons. The zero-order valence-corrected chi connectivity index (χ0v) is 24.0. The van der Waals surface area contributed by atoms with E-state index in [1.165, 1.54) is 0 Å². The minimum atomic E-state index is -0.247. The average Bonchev–Trinajstić information content (AvgIpc) is 3.72. The number of rotatable bonds is 11. The molecule has 4 aromatic rings. The molecule has 208 valence electrons. The lowest BCUT2D eigenvalue weighted by molar-refractivity contribution is -0.132. The van der Waals surface area contributed by atoms with Gasteiger partial charge in [-0.05, 0) is 66.8 Å². The van der Waals surface area contributed by atoms with Crippen molar-refractivity contribution in [2.75, 3.05) is 27.3 Å². The fourth-order valence-corrected chi connectivity index (χ4v) is 5.45. The van der Waals surface area contributed by atoms with Gasteiger partial charge in [0.05, 0.1) is 14.2 Å². The third-order valence-corrected chi connectivity index (χ3v) is 7.60. The number of fused-ring (bicyclic) bond motifs is 1. The standard InChI is InChI=1S/C31H31Cl2N3O4/c1-39-28-10-7-20(13-29(28)40-2)18-35(12-11-21-17-34-27-6-4-3-5-26(21)27)30(37)19-36(25-8-9-25)31(38)22-14-23(32)16-24(33)15-22/h3-7,10,13-17,25,34H,8-9,11-12,18-19H2,1-2H3. The van der Waals surface area contributed by atoms with Gasteiger partial charge < -0.3 is 24.3 Å². The lowest BCUT2D eigenvalue weighted by Gasteiger charge is -2.28. The number of carbonyl (C=O) groups excluding carboxylic acids is 2. The molecule has 1 aliphatic carbocycles. The Morgan fingerprint density at radius 1 is 0.950 bits per heavy atom. The van der Waals surface area contributed by atoms with Gasteiger partial charge in [-0.1, -0.05) is 47.5 Å². The van der Waals surface area contributed by atoms with Crippen LogP contribution in [0.15, 0.2) is 66.9 Å². The zero-order valence-electron chi connectivity index (χ0n) is 22.5. The molecule has 0 aliphatic heterocycles. The number of halogens is 2. The van der Waals surface area contributed by atoms with Gasteiger partial charge in [0.15, 0.2) is 11.5 Å². The molecule has 1 fully saturated rings. The van der Waals surface area contributed by atoms with Crippen LogP contribution in [0.25, 0.3) is 10.9 Å². The van der Waals surface area contributed by atoms with E-state index < -0.39 is 0 Å². The van der Waals surface area contributed by atoms with Crippen LogP contribution in [0.4, 0.5) is 0 Å². The van der Waals surface area contributed by atoms with Crippen LogP contribution in [0.3, 0.4) is 0 Å².